The summed E-state index contributed by atoms with van der Waals surface area (Å²) >= 11 is 0. The summed E-state index contributed by atoms with van der Waals surface area (Å²) in [6.45, 7) is 14.8. The molecule has 1 atom stereocenters. The molecule has 2 aromatic rings. The van der Waals surface area contributed by atoms with E-state index in [0.717, 1.165) is 57.9 Å². The number of hydrogen-bond donors (Lipinski definition) is 1. The van der Waals surface area contributed by atoms with Crippen molar-refractivity contribution in [3.05, 3.63) is 46.3 Å². The van der Waals surface area contributed by atoms with Crippen LogP contribution in [0.5, 0.6) is 5.75 Å². The molecule has 1 aliphatic rings. The van der Waals surface area contributed by atoms with Gasteiger partial charge in [0.1, 0.15) is 5.75 Å². The van der Waals surface area contributed by atoms with E-state index < -0.39 is 0 Å². The van der Waals surface area contributed by atoms with Crippen molar-refractivity contribution in [1.82, 2.24) is 19.6 Å². The molecule has 0 aliphatic carbocycles. The smallest absolute Gasteiger partial charge is 0.122 e. The molecule has 1 aromatic carbocycles. The molecule has 1 aromatic heterocycles. The Morgan fingerprint density at radius 2 is 1.90 bits per heavy atom. The van der Waals surface area contributed by atoms with Crippen molar-refractivity contribution in [3.63, 3.8) is 0 Å². The Labute approximate surface area is 181 Å². The summed E-state index contributed by atoms with van der Waals surface area (Å²) in [5.74, 6) is 0.951. The lowest BCUT2D eigenvalue weighted by molar-refractivity contribution is 0.0497. The molecule has 0 amide bonds. The molecular weight excluding hydrogens is 376 g/mol. The van der Waals surface area contributed by atoms with Crippen molar-refractivity contribution in [2.24, 2.45) is 0 Å². The van der Waals surface area contributed by atoms with Gasteiger partial charge in [0, 0.05) is 63.2 Å². The largest absolute Gasteiger partial charge is 0.496 e. The van der Waals surface area contributed by atoms with E-state index in [1.165, 1.54) is 27.9 Å². The van der Waals surface area contributed by atoms with Crippen molar-refractivity contribution < 1.29 is 9.84 Å². The fraction of sp³-hybridized carbons (Fsp3) is 0.625. The molecule has 3 rings (SSSR count). The predicted molar refractivity (Wildman–Crippen MR) is 121 cm³/mol. The van der Waals surface area contributed by atoms with Gasteiger partial charge in [-0.05, 0) is 56.4 Å². The Kier molecular flexibility index (Phi) is 7.92. The molecule has 0 saturated carbocycles. The minimum atomic E-state index is 0.225. The van der Waals surface area contributed by atoms with Gasteiger partial charge in [0.15, 0.2) is 0 Å². The molecule has 166 valence electrons. The second-order valence-electron chi connectivity index (χ2n) is 8.53. The highest BCUT2D eigenvalue weighted by Gasteiger charge is 2.28. The minimum absolute atomic E-state index is 0.225. The van der Waals surface area contributed by atoms with Crippen molar-refractivity contribution in [2.45, 2.75) is 66.2 Å². The molecule has 1 aliphatic heterocycles. The van der Waals surface area contributed by atoms with Crippen LogP contribution in [-0.2, 0) is 19.6 Å². The van der Waals surface area contributed by atoms with Gasteiger partial charge in [0.25, 0.3) is 0 Å². The second-order valence-corrected chi connectivity index (χ2v) is 8.53. The third-order valence-electron chi connectivity index (χ3n) is 6.63. The molecule has 2 heterocycles. The molecule has 0 spiro atoms. The van der Waals surface area contributed by atoms with Gasteiger partial charge in [0.05, 0.1) is 13.3 Å². The maximum absolute atomic E-state index is 9.68. The van der Waals surface area contributed by atoms with E-state index in [4.69, 9.17) is 4.74 Å². The van der Waals surface area contributed by atoms with Crippen LogP contribution in [0.1, 0.15) is 47.7 Å². The number of methoxy groups -OCH3 is 1. The molecule has 6 heteroatoms. The van der Waals surface area contributed by atoms with Crippen molar-refractivity contribution in [3.8, 4) is 5.75 Å². The zero-order chi connectivity index (χ0) is 21.7. The Hall–Kier alpha value is -1.89. The van der Waals surface area contributed by atoms with Crippen LogP contribution in [-0.4, -0.2) is 64.1 Å². The van der Waals surface area contributed by atoms with Gasteiger partial charge in [-0.1, -0.05) is 13.0 Å². The summed E-state index contributed by atoms with van der Waals surface area (Å²) in [4.78, 5) is 5.05. The first-order valence-electron chi connectivity index (χ1n) is 11.2. The summed E-state index contributed by atoms with van der Waals surface area (Å²) < 4.78 is 7.58. The summed E-state index contributed by atoms with van der Waals surface area (Å²) in [6.07, 6.45) is 3.93. The quantitative estimate of drug-likeness (QED) is 0.682. The lowest BCUT2D eigenvalue weighted by Gasteiger charge is -2.41. The van der Waals surface area contributed by atoms with Crippen LogP contribution >= 0.6 is 0 Å². The molecule has 0 unspecified atom stereocenters. The Bertz CT molecular complexity index is 833. The van der Waals surface area contributed by atoms with Crippen LogP contribution in [0.25, 0.3) is 0 Å². The lowest BCUT2D eigenvalue weighted by atomic mass is 10.00. The van der Waals surface area contributed by atoms with E-state index >= 15 is 0 Å². The highest BCUT2D eigenvalue weighted by atomic mass is 16.5. The van der Waals surface area contributed by atoms with E-state index in [1.54, 1.807) is 7.11 Å². The van der Waals surface area contributed by atoms with Crippen LogP contribution < -0.4 is 4.74 Å². The molecule has 1 fully saturated rings. The van der Waals surface area contributed by atoms with Gasteiger partial charge in [0.2, 0.25) is 0 Å². The molecular formula is C24H38N4O2. The van der Waals surface area contributed by atoms with Crippen molar-refractivity contribution in [2.75, 3.05) is 33.4 Å². The summed E-state index contributed by atoms with van der Waals surface area (Å²) in [5.41, 5.74) is 6.47. The van der Waals surface area contributed by atoms with Crippen molar-refractivity contribution in [1.29, 1.82) is 0 Å². The fourth-order valence-electron chi connectivity index (χ4n) is 4.51. The highest BCUT2D eigenvalue weighted by molar-refractivity contribution is 5.43. The van der Waals surface area contributed by atoms with Gasteiger partial charge in [-0.3, -0.25) is 14.5 Å². The van der Waals surface area contributed by atoms with E-state index in [9.17, 15) is 5.11 Å². The van der Waals surface area contributed by atoms with Gasteiger partial charge in [-0.25, -0.2) is 0 Å². The lowest BCUT2D eigenvalue weighted by Crippen LogP contribution is -2.52. The van der Waals surface area contributed by atoms with Crippen LogP contribution in [0.15, 0.2) is 18.3 Å². The Morgan fingerprint density at radius 1 is 1.10 bits per heavy atom. The maximum Gasteiger partial charge on any atom is 0.122 e. The van der Waals surface area contributed by atoms with E-state index in [-0.39, 0.29) is 6.61 Å². The van der Waals surface area contributed by atoms with Crippen LogP contribution in [0.4, 0.5) is 0 Å². The van der Waals surface area contributed by atoms with E-state index in [0.29, 0.717) is 6.04 Å². The zero-order valence-electron chi connectivity index (χ0n) is 19.3. The summed E-state index contributed by atoms with van der Waals surface area (Å²) in [7, 11) is 1.73. The molecule has 1 N–H and O–H groups in total. The first-order valence-corrected chi connectivity index (χ1v) is 11.2. The first kappa shape index (κ1) is 22.8. The minimum Gasteiger partial charge on any atom is -0.496 e. The standard InChI is InChI=1S/C24H38N4O2/c1-6-10-28-20(4)22(14-25-28)15-26-11-12-27(23(17-26)9-13-29)16-21-7-8-24(30-5)19(3)18(21)2/h7-8,14,23,29H,6,9-13,15-17H2,1-5H3/t23-/m0/s1. The number of ether oxygens (including phenoxy) is 1. The number of hydrogen-bond acceptors (Lipinski definition) is 5. The number of aliphatic hydroxyl groups excluding tert-OH is 1. The molecule has 1 saturated heterocycles. The molecule has 30 heavy (non-hydrogen) atoms. The number of aryl methyl sites for hydroxylation is 1. The second kappa shape index (κ2) is 10.4. The van der Waals surface area contributed by atoms with Crippen LogP contribution in [0, 0.1) is 20.8 Å². The van der Waals surface area contributed by atoms with E-state index in [1.807, 2.05) is 6.20 Å². The highest BCUT2D eigenvalue weighted by Crippen LogP contribution is 2.26. The SMILES string of the molecule is CCCn1ncc(CN2CCN(Cc3ccc(OC)c(C)c3C)[C@@H](CCO)C2)c1C. The number of nitrogens with zero attached hydrogens (tertiary/aromatic N) is 4. The average molecular weight is 415 g/mol. The number of rotatable bonds is 9. The third kappa shape index (κ3) is 5.05. The topological polar surface area (TPSA) is 53.8 Å². The monoisotopic (exact) mass is 414 g/mol. The van der Waals surface area contributed by atoms with Gasteiger partial charge in [-0.15, -0.1) is 0 Å². The maximum atomic E-state index is 9.68. The summed E-state index contributed by atoms with van der Waals surface area (Å²) in [5, 5.41) is 14.2. The molecule has 0 bridgehead atoms. The number of aromatic nitrogens is 2. The van der Waals surface area contributed by atoms with Crippen LogP contribution in [0.3, 0.4) is 0 Å². The van der Waals surface area contributed by atoms with Gasteiger partial charge in [-0.2, -0.15) is 5.10 Å². The Morgan fingerprint density at radius 3 is 2.60 bits per heavy atom. The first-order chi connectivity index (χ1) is 14.5. The Balaban J connectivity index is 1.68. The molecule has 6 nitrogen and oxygen atoms in total. The molecule has 0 radical (unpaired) electrons. The van der Waals surface area contributed by atoms with Crippen molar-refractivity contribution >= 4 is 0 Å². The zero-order valence-corrected chi connectivity index (χ0v) is 19.3. The van der Waals surface area contributed by atoms with E-state index in [2.05, 4.69) is 59.4 Å². The number of piperazine rings is 1. The fourth-order valence-corrected chi connectivity index (χ4v) is 4.51. The van der Waals surface area contributed by atoms with Gasteiger partial charge < -0.3 is 9.84 Å². The summed E-state index contributed by atoms with van der Waals surface area (Å²) in [6, 6.07) is 4.62. The average Bonchev–Trinajstić information content (AvgIpc) is 3.07. The number of aliphatic hydroxyl groups is 1. The van der Waals surface area contributed by atoms with Gasteiger partial charge >= 0.3 is 0 Å². The normalized spacial score (nSPS) is 18.1. The van der Waals surface area contributed by atoms with Crippen LogP contribution in [0.2, 0.25) is 0 Å². The third-order valence-corrected chi connectivity index (χ3v) is 6.63. The predicted octanol–water partition coefficient (Wildman–Crippen LogP) is 3.30. The number of benzene rings is 1.